The number of rotatable bonds is 6. The van der Waals surface area contributed by atoms with E-state index in [4.69, 9.17) is 11.6 Å². The zero-order chi connectivity index (χ0) is 20.7. The van der Waals surface area contributed by atoms with Crippen LogP contribution in [0.15, 0.2) is 18.5 Å². The van der Waals surface area contributed by atoms with Gasteiger partial charge in [0.2, 0.25) is 5.91 Å². The van der Waals surface area contributed by atoms with Crippen LogP contribution < -0.4 is 10.6 Å². The Labute approximate surface area is 170 Å². The van der Waals surface area contributed by atoms with Crippen molar-refractivity contribution in [3.05, 3.63) is 29.0 Å². The molecule has 28 heavy (non-hydrogen) atoms. The fourth-order valence-electron chi connectivity index (χ4n) is 3.22. The van der Waals surface area contributed by atoms with Crippen LogP contribution in [0.4, 0.5) is 4.79 Å². The normalized spacial score (nSPS) is 17.8. The number of alkyl carbamates (subject to hydrolysis) is 1. The Kier molecular flexibility index (Phi) is 8.04. The van der Waals surface area contributed by atoms with E-state index in [1.54, 1.807) is 11.0 Å². The number of piperidine rings is 1. The van der Waals surface area contributed by atoms with E-state index in [1.807, 2.05) is 13.8 Å². The molecule has 2 rings (SSSR count). The fraction of sp³-hybridized carbons (Fsp3) is 0.579. The Balaban J connectivity index is 1.93. The highest BCUT2D eigenvalue weighted by Crippen LogP contribution is 2.19. The molecule has 2 atom stereocenters. The Bertz CT molecular complexity index is 713. The van der Waals surface area contributed by atoms with E-state index in [1.165, 1.54) is 19.5 Å². The van der Waals surface area contributed by atoms with Crippen LogP contribution in [-0.4, -0.2) is 60.6 Å². The van der Waals surface area contributed by atoms with Gasteiger partial charge in [-0.1, -0.05) is 25.4 Å². The van der Waals surface area contributed by atoms with E-state index in [0.717, 1.165) is 12.8 Å². The first-order chi connectivity index (χ1) is 13.3. The van der Waals surface area contributed by atoms with Crippen molar-refractivity contribution in [2.24, 2.45) is 11.8 Å². The van der Waals surface area contributed by atoms with E-state index in [0.29, 0.717) is 30.2 Å². The Morgan fingerprint density at radius 3 is 2.79 bits per heavy atom. The molecule has 0 bridgehead atoms. The van der Waals surface area contributed by atoms with Gasteiger partial charge in [-0.25, -0.2) is 4.79 Å². The lowest BCUT2D eigenvalue weighted by molar-refractivity contribution is -0.136. The highest BCUT2D eigenvalue weighted by atomic mass is 35.5. The molecule has 1 fully saturated rings. The van der Waals surface area contributed by atoms with E-state index in [9.17, 15) is 14.4 Å². The van der Waals surface area contributed by atoms with Gasteiger partial charge in [0.15, 0.2) is 0 Å². The molecule has 154 valence electrons. The summed E-state index contributed by atoms with van der Waals surface area (Å²) in [5.74, 6) is -0.328. The quantitative estimate of drug-likeness (QED) is 0.747. The molecule has 3 amide bonds. The number of pyridine rings is 1. The standard InChI is InChI=1S/C19H27ClN4O4/c1-12(2)16(23-19(27)28-3)18(26)24-8-4-5-13(11-24)9-22-17(25)14-6-7-21-10-15(14)20/h6-7,10,12-13,16H,4-5,8-9,11H2,1-3H3,(H,22,25)(H,23,27)/t13-,16-/m1/s1. The lowest BCUT2D eigenvalue weighted by Gasteiger charge is -2.36. The molecule has 0 radical (unpaired) electrons. The zero-order valence-corrected chi connectivity index (χ0v) is 17.2. The molecule has 1 aromatic heterocycles. The number of halogens is 1. The number of likely N-dealkylation sites (tertiary alicyclic amines) is 1. The van der Waals surface area contributed by atoms with Gasteiger partial charge in [-0.2, -0.15) is 0 Å². The third-order valence-corrected chi connectivity index (χ3v) is 5.09. The summed E-state index contributed by atoms with van der Waals surface area (Å²) in [6.45, 7) is 5.34. The number of ether oxygens (including phenoxy) is 1. The SMILES string of the molecule is COC(=O)N[C@@H](C(=O)N1CCC[C@H](CNC(=O)c2ccncc2Cl)C1)C(C)C. The number of carbonyl (C=O) groups excluding carboxylic acids is 3. The number of nitrogens with one attached hydrogen (secondary N) is 2. The highest BCUT2D eigenvalue weighted by molar-refractivity contribution is 6.33. The molecular formula is C19H27ClN4O4. The number of aromatic nitrogens is 1. The summed E-state index contributed by atoms with van der Waals surface area (Å²) in [5.41, 5.74) is 0.377. The summed E-state index contributed by atoms with van der Waals surface area (Å²) in [6.07, 6.45) is 4.07. The van der Waals surface area contributed by atoms with Crippen molar-refractivity contribution in [1.82, 2.24) is 20.5 Å². The minimum absolute atomic E-state index is 0.0690. The van der Waals surface area contributed by atoms with Crippen LogP contribution in [0.25, 0.3) is 0 Å². The summed E-state index contributed by atoms with van der Waals surface area (Å²) >= 11 is 6.00. The molecule has 9 heteroatoms. The minimum Gasteiger partial charge on any atom is -0.453 e. The molecule has 1 aromatic rings. The van der Waals surface area contributed by atoms with Gasteiger partial charge in [0, 0.05) is 32.0 Å². The second-order valence-electron chi connectivity index (χ2n) is 7.22. The maximum Gasteiger partial charge on any atom is 0.407 e. The number of amides is 3. The predicted octanol–water partition coefficient (Wildman–Crippen LogP) is 2.08. The van der Waals surface area contributed by atoms with Crippen LogP contribution in [0.5, 0.6) is 0 Å². The molecule has 1 aliphatic heterocycles. The molecular weight excluding hydrogens is 384 g/mol. The maximum absolute atomic E-state index is 12.9. The van der Waals surface area contributed by atoms with Crippen LogP contribution in [0.3, 0.4) is 0 Å². The number of nitrogens with zero attached hydrogens (tertiary/aromatic N) is 2. The zero-order valence-electron chi connectivity index (χ0n) is 16.4. The maximum atomic E-state index is 12.9. The van der Waals surface area contributed by atoms with Crippen LogP contribution in [0, 0.1) is 11.8 Å². The van der Waals surface area contributed by atoms with Gasteiger partial charge in [0.25, 0.3) is 5.91 Å². The van der Waals surface area contributed by atoms with Crippen molar-refractivity contribution < 1.29 is 19.1 Å². The van der Waals surface area contributed by atoms with Gasteiger partial charge in [0.1, 0.15) is 6.04 Å². The topological polar surface area (TPSA) is 101 Å². The first-order valence-electron chi connectivity index (χ1n) is 9.34. The van der Waals surface area contributed by atoms with Crippen LogP contribution in [0.1, 0.15) is 37.0 Å². The average molecular weight is 411 g/mol. The third-order valence-electron chi connectivity index (χ3n) is 4.79. The van der Waals surface area contributed by atoms with Crippen molar-refractivity contribution in [2.45, 2.75) is 32.7 Å². The summed E-state index contributed by atoms with van der Waals surface area (Å²) in [6, 6.07) is 0.927. The van der Waals surface area contributed by atoms with Crippen molar-refractivity contribution in [3.8, 4) is 0 Å². The Morgan fingerprint density at radius 1 is 1.39 bits per heavy atom. The minimum atomic E-state index is -0.642. The van der Waals surface area contributed by atoms with E-state index >= 15 is 0 Å². The Morgan fingerprint density at radius 2 is 2.14 bits per heavy atom. The lowest BCUT2D eigenvalue weighted by Crippen LogP contribution is -2.54. The molecule has 1 saturated heterocycles. The molecule has 2 N–H and O–H groups in total. The molecule has 8 nitrogen and oxygen atoms in total. The number of carbonyl (C=O) groups is 3. The molecule has 0 saturated carbocycles. The lowest BCUT2D eigenvalue weighted by atomic mass is 9.95. The van der Waals surface area contributed by atoms with Crippen LogP contribution in [0.2, 0.25) is 5.02 Å². The van der Waals surface area contributed by atoms with Crippen LogP contribution in [-0.2, 0) is 9.53 Å². The molecule has 1 aliphatic rings. The second-order valence-corrected chi connectivity index (χ2v) is 7.62. The van der Waals surface area contributed by atoms with Gasteiger partial charge in [-0.15, -0.1) is 0 Å². The monoisotopic (exact) mass is 410 g/mol. The largest absolute Gasteiger partial charge is 0.453 e. The molecule has 2 heterocycles. The van der Waals surface area contributed by atoms with Crippen molar-refractivity contribution in [2.75, 3.05) is 26.7 Å². The molecule has 0 aliphatic carbocycles. The van der Waals surface area contributed by atoms with Crippen molar-refractivity contribution in [3.63, 3.8) is 0 Å². The van der Waals surface area contributed by atoms with E-state index in [-0.39, 0.29) is 23.7 Å². The van der Waals surface area contributed by atoms with Crippen LogP contribution >= 0.6 is 11.6 Å². The molecule has 0 spiro atoms. The second kappa shape index (κ2) is 10.3. The summed E-state index contributed by atoms with van der Waals surface area (Å²) in [7, 11) is 1.27. The third kappa shape index (κ3) is 5.82. The summed E-state index contributed by atoms with van der Waals surface area (Å²) < 4.78 is 4.62. The van der Waals surface area contributed by atoms with Gasteiger partial charge in [-0.05, 0) is 30.7 Å². The average Bonchev–Trinajstić information content (AvgIpc) is 2.69. The number of hydrogen-bond acceptors (Lipinski definition) is 5. The summed E-state index contributed by atoms with van der Waals surface area (Å²) in [4.78, 5) is 42.4. The fourth-order valence-corrected chi connectivity index (χ4v) is 3.42. The van der Waals surface area contributed by atoms with E-state index < -0.39 is 12.1 Å². The van der Waals surface area contributed by atoms with Crippen molar-refractivity contribution in [1.29, 1.82) is 0 Å². The van der Waals surface area contributed by atoms with E-state index in [2.05, 4.69) is 20.4 Å². The summed E-state index contributed by atoms with van der Waals surface area (Å²) in [5, 5.41) is 5.80. The number of hydrogen-bond donors (Lipinski definition) is 2. The van der Waals surface area contributed by atoms with Gasteiger partial charge < -0.3 is 20.3 Å². The predicted molar refractivity (Wildman–Crippen MR) is 105 cm³/mol. The smallest absolute Gasteiger partial charge is 0.407 e. The van der Waals surface area contributed by atoms with Gasteiger partial charge in [0.05, 0.1) is 17.7 Å². The number of methoxy groups -OCH3 is 1. The molecule has 0 unspecified atom stereocenters. The molecule has 0 aromatic carbocycles. The van der Waals surface area contributed by atoms with Gasteiger partial charge in [-0.3, -0.25) is 14.6 Å². The first-order valence-corrected chi connectivity index (χ1v) is 9.72. The van der Waals surface area contributed by atoms with Crippen molar-refractivity contribution >= 4 is 29.5 Å². The highest BCUT2D eigenvalue weighted by Gasteiger charge is 2.32. The first kappa shape index (κ1) is 21.9. The Hall–Kier alpha value is -2.35. The van der Waals surface area contributed by atoms with Gasteiger partial charge >= 0.3 is 6.09 Å².